The number of hydrogen-bond acceptors (Lipinski definition) is 2. The van der Waals surface area contributed by atoms with E-state index in [1.165, 1.54) is 20.8 Å². The van der Waals surface area contributed by atoms with Gasteiger partial charge in [0.05, 0.1) is 5.69 Å². The fraction of sp³-hybridized carbons (Fsp3) is 0.357. The molecule has 0 heterocycles. The topological polar surface area (TPSA) is 29.1 Å². The van der Waals surface area contributed by atoms with Crippen LogP contribution in [0.1, 0.15) is 20.8 Å². The van der Waals surface area contributed by atoms with Crippen molar-refractivity contribution in [2.75, 3.05) is 5.32 Å². The van der Waals surface area contributed by atoms with Gasteiger partial charge in [0.1, 0.15) is 5.70 Å². The number of anilines is 1. The minimum atomic E-state index is -4.90. The molecule has 0 aromatic heterocycles. The van der Waals surface area contributed by atoms with Gasteiger partial charge in [-0.25, -0.2) is 8.78 Å². The molecule has 0 aliphatic carbocycles. The predicted molar refractivity (Wildman–Crippen MR) is 68.6 cm³/mol. The summed E-state index contributed by atoms with van der Waals surface area (Å²) in [5, 5.41) is 1.73. The fourth-order valence-corrected chi connectivity index (χ4v) is 1.28. The molecule has 0 aliphatic rings. The second-order valence-electron chi connectivity index (χ2n) is 5.40. The standard InChI is InChI=1S/C14H14F5NO/c1-13(2,3)11(21)7-10(14(17,18)19)20-9-6-4-5-8(15)12(9)16/h4-7,20H,1-3H3/b10-7+. The highest BCUT2D eigenvalue weighted by Crippen LogP contribution is 2.30. The Morgan fingerprint density at radius 1 is 1.14 bits per heavy atom. The summed E-state index contributed by atoms with van der Waals surface area (Å²) in [5.41, 5.74) is -3.18. The first-order valence-corrected chi connectivity index (χ1v) is 5.97. The van der Waals surface area contributed by atoms with Gasteiger partial charge in [-0.1, -0.05) is 26.8 Å². The highest BCUT2D eigenvalue weighted by molar-refractivity contribution is 5.95. The number of allylic oxidation sites excluding steroid dienone is 2. The number of benzene rings is 1. The molecule has 0 aliphatic heterocycles. The first kappa shape index (κ1) is 17.1. The molecule has 0 fully saturated rings. The minimum absolute atomic E-state index is 0.352. The zero-order chi connectivity index (χ0) is 16.4. The zero-order valence-corrected chi connectivity index (χ0v) is 11.6. The normalized spacial score (nSPS) is 13.2. The first-order valence-electron chi connectivity index (χ1n) is 5.97. The lowest BCUT2D eigenvalue weighted by molar-refractivity contribution is -0.122. The molecule has 1 rings (SSSR count). The minimum Gasteiger partial charge on any atom is -0.349 e. The van der Waals surface area contributed by atoms with Crippen molar-refractivity contribution in [3.63, 3.8) is 0 Å². The van der Waals surface area contributed by atoms with Crippen LogP contribution in [0.25, 0.3) is 0 Å². The molecular weight excluding hydrogens is 293 g/mol. The monoisotopic (exact) mass is 307 g/mol. The van der Waals surface area contributed by atoms with Crippen LogP contribution in [0.5, 0.6) is 0 Å². The van der Waals surface area contributed by atoms with Gasteiger partial charge >= 0.3 is 6.18 Å². The molecule has 1 aromatic carbocycles. The second-order valence-corrected chi connectivity index (χ2v) is 5.40. The lowest BCUT2D eigenvalue weighted by Gasteiger charge is -2.18. The van der Waals surface area contributed by atoms with Crippen molar-refractivity contribution < 1.29 is 26.7 Å². The van der Waals surface area contributed by atoms with Crippen molar-refractivity contribution in [1.29, 1.82) is 0 Å². The number of carbonyl (C=O) groups is 1. The highest BCUT2D eigenvalue weighted by Gasteiger charge is 2.36. The Kier molecular flexibility index (Phi) is 4.76. The Labute approximate surface area is 118 Å². The molecule has 0 bridgehead atoms. The Balaban J connectivity index is 3.20. The molecule has 0 saturated heterocycles. The molecule has 7 heteroatoms. The molecule has 21 heavy (non-hydrogen) atoms. The van der Waals surface area contributed by atoms with Gasteiger partial charge in [-0.3, -0.25) is 4.79 Å². The second kappa shape index (κ2) is 5.83. The Bertz CT molecular complexity index is 570. The van der Waals surface area contributed by atoms with Crippen LogP contribution in [-0.2, 0) is 4.79 Å². The van der Waals surface area contributed by atoms with E-state index >= 15 is 0 Å². The summed E-state index contributed by atoms with van der Waals surface area (Å²) in [4.78, 5) is 11.7. The third-order valence-corrected chi connectivity index (χ3v) is 2.54. The summed E-state index contributed by atoms with van der Waals surface area (Å²) in [6, 6.07) is 2.78. The van der Waals surface area contributed by atoms with Gasteiger partial charge in [0, 0.05) is 11.5 Å². The number of hydrogen-bond donors (Lipinski definition) is 1. The predicted octanol–water partition coefficient (Wildman–Crippen LogP) is 4.44. The molecule has 0 saturated carbocycles. The molecule has 0 spiro atoms. The lowest BCUT2D eigenvalue weighted by Crippen LogP contribution is -2.25. The van der Waals surface area contributed by atoms with E-state index in [1.54, 1.807) is 5.32 Å². The van der Waals surface area contributed by atoms with Crippen molar-refractivity contribution >= 4 is 11.5 Å². The maximum atomic E-state index is 13.4. The van der Waals surface area contributed by atoms with Gasteiger partial charge in [0.15, 0.2) is 17.4 Å². The van der Waals surface area contributed by atoms with E-state index in [0.29, 0.717) is 6.08 Å². The van der Waals surface area contributed by atoms with E-state index < -0.39 is 40.4 Å². The molecule has 1 N–H and O–H groups in total. The summed E-state index contributed by atoms with van der Waals surface area (Å²) in [6.07, 6.45) is -4.55. The molecule has 0 amide bonds. The van der Waals surface area contributed by atoms with Gasteiger partial charge < -0.3 is 5.32 Å². The molecule has 1 aromatic rings. The van der Waals surface area contributed by atoms with Crippen LogP contribution in [0.2, 0.25) is 0 Å². The van der Waals surface area contributed by atoms with E-state index in [1.807, 2.05) is 0 Å². The van der Waals surface area contributed by atoms with Crippen LogP contribution < -0.4 is 5.32 Å². The summed E-state index contributed by atoms with van der Waals surface area (Å²) in [5.74, 6) is -3.53. The summed E-state index contributed by atoms with van der Waals surface area (Å²) < 4.78 is 65.1. The number of halogens is 5. The number of carbonyl (C=O) groups excluding carboxylic acids is 1. The molecular formula is C14H14F5NO. The quantitative estimate of drug-likeness (QED) is 0.661. The molecule has 2 nitrogen and oxygen atoms in total. The maximum Gasteiger partial charge on any atom is 0.431 e. The van der Waals surface area contributed by atoms with Crippen molar-refractivity contribution in [3.05, 3.63) is 41.6 Å². The molecule has 0 unspecified atom stereocenters. The van der Waals surface area contributed by atoms with E-state index in [9.17, 15) is 26.7 Å². The van der Waals surface area contributed by atoms with Crippen LogP contribution in [0, 0.1) is 17.0 Å². The van der Waals surface area contributed by atoms with Gasteiger partial charge in [0.2, 0.25) is 0 Å². The van der Waals surface area contributed by atoms with Gasteiger partial charge in [-0.15, -0.1) is 0 Å². The fourth-order valence-electron chi connectivity index (χ4n) is 1.28. The molecule has 116 valence electrons. The smallest absolute Gasteiger partial charge is 0.349 e. The Morgan fingerprint density at radius 2 is 1.71 bits per heavy atom. The van der Waals surface area contributed by atoms with Crippen LogP contribution >= 0.6 is 0 Å². The van der Waals surface area contributed by atoms with Crippen molar-refractivity contribution in [2.45, 2.75) is 26.9 Å². The van der Waals surface area contributed by atoms with E-state index in [2.05, 4.69) is 0 Å². The molecule has 0 radical (unpaired) electrons. The average molecular weight is 307 g/mol. The lowest BCUT2D eigenvalue weighted by atomic mass is 9.90. The maximum absolute atomic E-state index is 13.4. The number of nitrogens with one attached hydrogen (secondary N) is 1. The van der Waals surface area contributed by atoms with Gasteiger partial charge in [-0.05, 0) is 12.1 Å². The van der Waals surface area contributed by atoms with Crippen LogP contribution in [0.15, 0.2) is 30.0 Å². The van der Waals surface area contributed by atoms with E-state index in [-0.39, 0.29) is 0 Å². The summed E-state index contributed by atoms with van der Waals surface area (Å²) >= 11 is 0. The first-order chi connectivity index (χ1) is 9.43. The van der Waals surface area contributed by atoms with E-state index in [0.717, 1.165) is 18.2 Å². The number of rotatable bonds is 3. The van der Waals surface area contributed by atoms with Gasteiger partial charge in [-0.2, -0.15) is 13.2 Å². The van der Waals surface area contributed by atoms with Crippen molar-refractivity contribution in [2.24, 2.45) is 5.41 Å². The molecule has 0 atom stereocenters. The largest absolute Gasteiger partial charge is 0.431 e. The Morgan fingerprint density at radius 3 is 2.19 bits per heavy atom. The van der Waals surface area contributed by atoms with E-state index in [4.69, 9.17) is 0 Å². The number of alkyl halides is 3. The third-order valence-electron chi connectivity index (χ3n) is 2.54. The van der Waals surface area contributed by atoms with Crippen molar-refractivity contribution in [1.82, 2.24) is 0 Å². The van der Waals surface area contributed by atoms with Gasteiger partial charge in [0.25, 0.3) is 0 Å². The highest BCUT2D eigenvalue weighted by atomic mass is 19.4. The van der Waals surface area contributed by atoms with Crippen LogP contribution in [0.4, 0.5) is 27.6 Å². The zero-order valence-electron chi connectivity index (χ0n) is 11.6. The summed E-state index contributed by atoms with van der Waals surface area (Å²) in [7, 11) is 0. The SMILES string of the molecule is CC(C)(C)C(=O)/C=C(/Nc1cccc(F)c1F)C(F)(F)F. The summed E-state index contributed by atoms with van der Waals surface area (Å²) in [6.45, 7) is 4.34. The number of ketones is 1. The average Bonchev–Trinajstić information content (AvgIpc) is 2.31. The van der Waals surface area contributed by atoms with Crippen molar-refractivity contribution in [3.8, 4) is 0 Å². The Hall–Kier alpha value is -1.92. The van der Waals surface area contributed by atoms with Crippen LogP contribution in [0.3, 0.4) is 0 Å². The van der Waals surface area contributed by atoms with Crippen LogP contribution in [-0.4, -0.2) is 12.0 Å². The third kappa shape index (κ3) is 4.54.